The smallest absolute Gasteiger partial charge is 0.358 e. The van der Waals surface area contributed by atoms with Crippen molar-refractivity contribution in [1.82, 2.24) is 9.78 Å². The fourth-order valence-corrected chi connectivity index (χ4v) is 3.25. The zero-order valence-electron chi connectivity index (χ0n) is 13.7. The number of alkyl halides is 3. The number of nitrogens with zero attached hydrogens (tertiary/aromatic N) is 3. The van der Waals surface area contributed by atoms with Gasteiger partial charge in [0.2, 0.25) is 0 Å². The van der Waals surface area contributed by atoms with Gasteiger partial charge in [-0.2, -0.15) is 17.9 Å². The molecule has 12 heteroatoms. The normalized spacial score (nSPS) is 11.4. The third kappa shape index (κ3) is 4.49. The minimum absolute atomic E-state index is 0.0259. The zero-order chi connectivity index (χ0) is 20.5. The van der Waals surface area contributed by atoms with E-state index in [9.17, 15) is 28.1 Å². The Morgan fingerprint density at radius 3 is 2.71 bits per heavy atom. The van der Waals surface area contributed by atoms with E-state index in [0.717, 1.165) is 29.5 Å². The molecule has 0 aliphatic rings. The molecule has 2 heterocycles. The van der Waals surface area contributed by atoms with Crippen molar-refractivity contribution in [3.8, 4) is 0 Å². The number of aromatic nitrogens is 2. The van der Waals surface area contributed by atoms with Crippen molar-refractivity contribution in [2.45, 2.75) is 12.7 Å². The minimum atomic E-state index is -4.56. The van der Waals surface area contributed by atoms with Gasteiger partial charge in [-0.25, -0.2) is 0 Å². The number of hydrogen-bond acceptors (Lipinski definition) is 5. The number of carbonyl (C=O) groups excluding carboxylic acids is 1. The molecule has 0 saturated carbocycles. The van der Waals surface area contributed by atoms with E-state index >= 15 is 0 Å². The van der Waals surface area contributed by atoms with Crippen LogP contribution in [-0.4, -0.2) is 20.6 Å². The molecule has 3 rings (SSSR count). The van der Waals surface area contributed by atoms with Gasteiger partial charge in [0.15, 0.2) is 0 Å². The zero-order valence-corrected chi connectivity index (χ0v) is 15.3. The average Bonchev–Trinajstić information content (AvgIpc) is 3.26. The molecule has 0 fully saturated rings. The van der Waals surface area contributed by atoms with Gasteiger partial charge in [-0.1, -0.05) is 11.6 Å². The van der Waals surface area contributed by atoms with Crippen LogP contribution in [0.25, 0.3) is 0 Å². The van der Waals surface area contributed by atoms with Crippen LogP contribution in [0.15, 0.2) is 41.9 Å². The number of benzene rings is 1. The lowest BCUT2D eigenvalue weighted by Crippen LogP contribution is -2.12. The highest BCUT2D eigenvalue weighted by Crippen LogP contribution is 2.34. The number of halogens is 4. The summed E-state index contributed by atoms with van der Waals surface area (Å²) in [5.41, 5.74) is -0.429. The first-order chi connectivity index (χ1) is 13.1. The van der Waals surface area contributed by atoms with Crippen LogP contribution in [-0.2, 0) is 12.7 Å². The molecule has 1 amide bonds. The van der Waals surface area contributed by atoms with Crippen LogP contribution in [0.5, 0.6) is 0 Å². The Kier molecular flexibility index (Phi) is 5.38. The first-order valence-electron chi connectivity index (χ1n) is 7.57. The second-order valence-corrected chi connectivity index (χ2v) is 6.91. The predicted octanol–water partition coefficient (Wildman–Crippen LogP) is 4.83. The van der Waals surface area contributed by atoms with Gasteiger partial charge in [-0.05, 0) is 40.1 Å². The molecule has 28 heavy (non-hydrogen) atoms. The number of nitro groups is 1. The van der Waals surface area contributed by atoms with Crippen LogP contribution in [0.3, 0.4) is 0 Å². The summed E-state index contributed by atoms with van der Waals surface area (Å²) in [5, 5.41) is 18.4. The van der Waals surface area contributed by atoms with Crippen LogP contribution in [0.2, 0.25) is 5.02 Å². The van der Waals surface area contributed by atoms with Crippen LogP contribution in [0, 0.1) is 10.1 Å². The maximum absolute atomic E-state index is 12.8. The highest BCUT2D eigenvalue weighted by atomic mass is 35.5. The van der Waals surface area contributed by atoms with Crippen LogP contribution in [0.4, 0.5) is 24.7 Å². The van der Waals surface area contributed by atoms with E-state index < -0.39 is 22.6 Å². The summed E-state index contributed by atoms with van der Waals surface area (Å²) in [5.74, 6) is -0.920. The second-order valence-electron chi connectivity index (χ2n) is 5.59. The Morgan fingerprint density at radius 2 is 2.07 bits per heavy atom. The Hall–Kier alpha value is -2.92. The van der Waals surface area contributed by atoms with Crippen LogP contribution >= 0.6 is 22.9 Å². The van der Waals surface area contributed by atoms with Crippen molar-refractivity contribution < 1.29 is 22.9 Å². The molecule has 0 atom stereocenters. The van der Waals surface area contributed by atoms with E-state index in [4.69, 9.17) is 11.6 Å². The monoisotopic (exact) mass is 430 g/mol. The largest absolute Gasteiger partial charge is 0.416 e. The van der Waals surface area contributed by atoms with E-state index in [1.807, 2.05) is 0 Å². The maximum Gasteiger partial charge on any atom is 0.416 e. The molecule has 7 nitrogen and oxygen atoms in total. The fourth-order valence-electron chi connectivity index (χ4n) is 2.28. The van der Waals surface area contributed by atoms with Crippen molar-refractivity contribution in [2.24, 2.45) is 0 Å². The Balaban J connectivity index is 1.73. The van der Waals surface area contributed by atoms with Gasteiger partial charge >= 0.3 is 12.0 Å². The third-order valence-electron chi connectivity index (χ3n) is 3.58. The highest BCUT2D eigenvalue weighted by molar-refractivity contribution is 7.12. The topological polar surface area (TPSA) is 90.1 Å². The molecule has 146 valence electrons. The molecule has 0 spiro atoms. The van der Waals surface area contributed by atoms with Gasteiger partial charge in [0, 0.05) is 0 Å². The number of nitrogens with one attached hydrogen (secondary N) is 1. The van der Waals surface area contributed by atoms with E-state index in [-0.39, 0.29) is 27.9 Å². The molecule has 0 bridgehead atoms. The third-order valence-corrected chi connectivity index (χ3v) is 4.89. The highest BCUT2D eigenvalue weighted by Gasteiger charge is 2.31. The Bertz CT molecular complexity index is 1050. The second kappa shape index (κ2) is 7.60. The van der Waals surface area contributed by atoms with E-state index in [2.05, 4.69) is 10.4 Å². The molecule has 1 N–H and O–H groups in total. The molecule has 3 aromatic rings. The summed E-state index contributed by atoms with van der Waals surface area (Å²) in [7, 11) is 0. The lowest BCUT2D eigenvalue weighted by atomic mass is 10.2. The van der Waals surface area contributed by atoms with E-state index in [1.165, 1.54) is 23.0 Å². The number of hydrogen-bond donors (Lipinski definition) is 1. The van der Waals surface area contributed by atoms with E-state index in [0.29, 0.717) is 5.56 Å². The molecule has 1 aromatic carbocycles. The summed E-state index contributed by atoms with van der Waals surface area (Å²) in [6.45, 7) is 0.196. The average molecular weight is 431 g/mol. The van der Waals surface area contributed by atoms with Crippen molar-refractivity contribution in [3.63, 3.8) is 0 Å². The van der Waals surface area contributed by atoms with Gasteiger partial charge in [-0.15, -0.1) is 11.3 Å². The van der Waals surface area contributed by atoms with Crippen molar-refractivity contribution in [3.05, 3.63) is 73.0 Å². The van der Waals surface area contributed by atoms with Crippen LogP contribution in [0.1, 0.15) is 20.8 Å². The molecule has 0 unspecified atom stereocenters. The van der Waals surface area contributed by atoms with Gasteiger partial charge in [0.25, 0.3) is 5.91 Å². The molecular formula is C16H10ClF3N4O3S. The summed E-state index contributed by atoms with van der Waals surface area (Å²) >= 11 is 6.95. The fraction of sp³-hybridized carbons (Fsp3) is 0.125. The molecule has 2 aromatic heterocycles. The number of rotatable bonds is 5. The summed E-state index contributed by atoms with van der Waals surface area (Å²) < 4.78 is 39.8. The van der Waals surface area contributed by atoms with Gasteiger partial charge in [-0.3, -0.25) is 4.79 Å². The molecule has 0 aliphatic carbocycles. The van der Waals surface area contributed by atoms with E-state index in [1.54, 1.807) is 5.38 Å². The summed E-state index contributed by atoms with van der Waals surface area (Å²) in [6.07, 6.45) is -3.13. The quantitative estimate of drug-likeness (QED) is 0.464. The number of thiophene rings is 1. The summed E-state index contributed by atoms with van der Waals surface area (Å²) in [4.78, 5) is 22.6. The predicted molar refractivity (Wildman–Crippen MR) is 96.7 cm³/mol. The van der Waals surface area contributed by atoms with Gasteiger partial charge < -0.3 is 15.4 Å². The number of amides is 1. The van der Waals surface area contributed by atoms with Gasteiger partial charge in [0.05, 0.1) is 45.1 Å². The summed E-state index contributed by atoms with van der Waals surface area (Å²) in [6, 6.07) is 5.41. The lowest BCUT2D eigenvalue weighted by molar-refractivity contribution is -0.389. The number of carbonyl (C=O) groups is 1. The first-order valence-corrected chi connectivity index (χ1v) is 8.82. The van der Waals surface area contributed by atoms with Crippen LogP contribution < -0.4 is 5.32 Å². The maximum atomic E-state index is 12.8. The standard InChI is InChI=1S/C16H10ClF3N4O3S/c17-11-2-1-10(16(18,19)20)6-12(11)21-15(25)13-5-9(8-28-13)7-23-4-3-14(22-23)24(26)27/h1-6,8H,7H2,(H,21,25). The number of anilines is 1. The van der Waals surface area contributed by atoms with Crippen molar-refractivity contribution in [1.29, 1.82) is 0 Å². The van der Waals surface area contributed by atoms with Crippen molar-refractivity contribution >= 4 is 40.4 Å². The van der Waals surface area contributed by atoms with Gasteiger partial charge in [0.1, 0.15) is 0 Å². The molecular weight excluding hydrogens is 421 g/mol. The SMILES string of the molecule is O=C(Nc1cc(C(F)(F)F)ccc1Cl)c1cc(Cn2ccc([N+](=O)[O-])n2)cs1. The Morgan fingerprint density at radius 1 is 1.32 bits per heavy atom. The Labute approximate surface area is 164 Å². The molecule has 0 radical (unpaired) electrons. The molecule has 0 saturated heterocycles. The first kappa shape index (κ1) is 19.8. The molecule has 0 aliphatic heterocycles. The lowest BCUT2D eigenvalue weighted by Gasteiger charge is -2.11. The van der Waals surface area contributed by atoms with Crippen molar-refractivity contribution in [2.75, 3.05) is 5.32 Å². The minimum Gasteiger partial charge on any atom is -0.358 e.